The molecule has 5 atom stereocenters. The van der Waals surface area contributed by atoms with Gasteiger partial charge in [0.2, 0.25) is 0 Å². The molecule has 0 saturated carbocycles. The van der Waals surface area contributed by atoms with Crippen molar-refractivity contribution in [2.24, 2.45) is 11.8 Å². The fourth-order valence-corrected chi connectivity index (χ4v) is 2.90. The average Bonchev–Trinajstić information content (AvgIpc) is 2.75. The standard InChI is InChI=1S/C14H26O5/c1-10-7-11(2)13(18-8-10)17-6-4-12-3-5-14(16,9-15)19-12/h10-13,15-16H,3-9H2,1-2H3/t10-,11+,12-,13+,14-/m0/s1. The summed E-state index contributed by atoms with van der Waals surface area (Å²) in [6.45, 7) is 5.32. The fraction of sp³-hybridized carbons (Fsp3) is 1.00. The zero-order valence-corrected chi connectivity index (χ0v) is 11.9. The molecular weight excluding hydrogens is 248 g/mol. The zero-order valence-electron chi connectivity index (χ0n) is 11.9. The Labute approximate surface area is 114 Å². The first-order chi connectivity index (χ1) is 9.02. The summed E-state index contributed by atoms with van der Waals surface area (Å²) in [6, 6.07) is 0. The molecule has 0 aliphatic carbocycles. The topological polar surface area (TPSA) is 68.2 Å². The molecule has 5 nitrogen and oxygen atoms in total. The van der Waals surface area contributed by atoms with Crippen LogP contribution in [0.15, 0.2) is 0 Å². The van der Waals surface area contributed by atoms with Crippen LogP contribution in [-0.4, -0.2) is 48.2 Å². The van der Waals surface area contributed by atoms with Crippen LogP contribution in [0, 0.1) is 11.8 Å². The number of aliphatic hydroxyl groups excluding tert-OH is 1. The second-order valence-electron chi connectivity index (χ2n) is 6.06. The van der Waals surface area contributed by atoms with E-state index in [4.69, 9.17) is 19.3 Å². The highest BCUT2D eigenvalue weighted by Crippen LogP contribution is 2.30. The first-order valence-electron chi connectivity index (χ1n) is 7.26. The Morgan fingerprint density at radius 2 is 2.16 bits per heavy atom. The first-order valence-corrected chi connectivity index (χ1v) is 7.26. The van der Waals surface area contributed by atoms with Gasteiger partial charge in [0.05, 0.1) is 25.9 Å². The highest BCUT2D eigenvalue weighted by molar-refractivity contribution is 4.79. The summed E-state index contributed by atoms with van der Waals surface area (Å²) in [5.41, 5.74) is 0. The molecule has 0 aromatic carbocycles. The van der Waals surface area contributed by atoms with E-state index in [1.807, 2.05) is 0 Å². The number of rotatable bonds is 5. The molecule has 2 heterocycles. The summed E-state index contributed by atoms with van der Waals surface area (Å²) >= 11 is 0. The van der Waals surface area contributed by atoms with Crippen molar-refractivity contribution in [3.8, 4) is 0 Å². The maximum atomic E-state index is 9.75. The van der Waals surface area contributed by atoms with Crippen molar-refractivity contribution in [2.75, 3.05) is 19.8 Å². The summed E-state index contributed by atoms with van der Waals surface area (Å²) in [6.07, 6.45) is 2.96. The minimum Gasteiger partial charge on any atom is -0.391 e. The molecule has 0 spiro atoms. The van der Waals surface area contributed by atoms with Gasteiger partial charge in [0, 0.05) is 12.3 Å². The zero-order chi connectivity index (χ0) is 13.9. The van der Waals surface area contributed by atoms with Gasteiger partial charge in [-0.25, -0.2) is 0 Å². The lowest BCUT2D eigenvalue weighted by molar-refractivity contribution is -0.224. The molecule has 0 aromatic heterocycles. The van der Waals surface area contributed by atoms with Gasteiger partial charge in [-0.3, -0.25) is 0 Å². The van der Waals surface area contributed by atoms with Gasteiger partial charge in [0.25, 0.3) is 0 Å². The Bertz CT molecular complexity index is 285. The normalized spacial score (nSPS) is 43.6. The molecule has 0 radical (unpaired) electrons. The monoisotopic (exact) mass is 274 g/mol. The molecule has 2 saturated heterocycles. The Kier molecular flexibility index (Phi) is 5.20. The molecule has 0 unspecified atom stereocenters. The van der Waals surface area contributed by atoms with Crippen molar-refractivity contribution in [3.05, 3.63) is 0 Å². The molecule has 5 heteroatoms. The molecule has 2 fully saturated rings. The van der Waals surface area contributed by atoms with E-state index < -0.39 is 5.79 Å². The minimum absolute atomic E-state index is 0.0324. The Balaban J connectivity index is 1.65. The highest BCUT2D eigenvalue weighted by Gasteiger charge is 2.37. The van der Waals surface area contributed by atoms with Gasteiger partial charge < -0.3 is 24.4 Å². The maximum absolute atomic E-state index is 9.75. The van der Waals surface area contributed by atoms with Gasteiger partial charge in [-0.15, -0.1) is 0 Å². The number of aliphatic hydroxyl groups is 2. The molecule has 0 aromatic rings. The van der Waals surface area contributed by atoms with E-state index in [1.165, 1.54) is 0 Å². The van der Waals surface area contributed by atoms with Crippen molar-refractivity contribution < 1.29 is 24.4 Å². The summed E-state index contributed by atoms with van der Waals surface area (Å²) in [5.74, 6) is -0.315. The molecule has 112 valence electrons. The number of hydrogen-bond acceptors (Lipinski definition) is 5. The van der Waals surface area contributed by atoms with Crippen LogP contribution in [0.5, 0.6) is 0 Å². The van der Waals surface area contributed by atoms with Gasteiger partial charge >= 0.3 is 0 Å². The van der Waals surface area contributed by atoms with Crippen molar-refractivity contribution >= 4 is 0 Å². The van der Waals surface area contributed by atoms with Crippen molar-refractivity contribution in [2.45, 2.75) is 57.7 Å². The molecular formula is C14H26O5. The molecule has 2 rings (SSSR count). The van der Waals surface area contributed by atoms with Crippen LogP contribution in [0.25, 0.3) is 0 Å². The second-order valence-corrected chi connectivity index (χ2v) is 6.06. The smallest absolute Gasteiger partial charge is 0.189 e. The molecule has 0 bridgehead atoms. The Morgan fingerprint density at radius 1 is 1.37 bits per heavy atom. The molecule has 2 N–H and O–H groups in total. The average molecular weight is 274 g/mol. The van der Waals surface area contributed by atoms with E-state index in [0.29, 0.717) is 24.9 Å². The first kappa shape index (κ1) is 15.2. The number of ether oxygens (including phenoxy) is 3. The van der Waals surface area contributed by atoms with E-state index in [9.17, 15) is 5.11 Å². The lowest BCUT2D eigenvalue weighted by atomic mass is 9.95. The van der Waals surface area contributed by atoms with Crippen LogP contribution in [-0.2, 0) is 14.2 Å². The van der Waals surface area contributed by atoms with Crippen LogP contribution in [0.4, 0.5) is 0 Å². The van der Waals surface area contributed by atoms with Gasteiger partial charge in [0.1, 0.15) is 0 Å². The molecule has 2 aliphatic heterocycles. The van der Waals surface area contributed by atoms with Gasteiger partial charge in [-0.2, -0.15) is 0 Å². The predicted molar refractivity (Wildman–Crippen MR) is 69.4 cm³/mol. The van der Waals surface area contributed by atoms with Gasteiger partial charge in [0.15, 0.2) is 12.1 Å². The summed E-state index contributed by atoms with van der Waals surface area (Å²) in [4.78, 5) is 0. The van der Waals surface area contributed by atoms with Gasteiger partial charge in [-0.1, -0.05) is 13.8 Å². The van der Waals surface area contributed by atoms with E-state index in [2.05, 4.69) is 13.8 Å². The van der Waals surface area contributed by atoms with E-state index in [1.54, 1.807) is 0 Å². The largest absolute Gasteiger partial charge is 0.391 e. The third-order valence-electron chi connectivity index (χ3n) is 4.00. The Morgan fingerprint density at radius 3 is 2.79 bits per heavy atom. The minimum atomic E-state index is -1.34. The number of hydrogen-bond donors (Lipinski definition) is 2. The fourth-order valence-electron chi connectivity index (χ4n) is 2.90. The lowest BCUT2D eigenvalue weighted by Crippen LogP contribution is -2.35. The van der Waals surface area contributed by atoms with E-state index in [-0.39, 0.29) is 19.0 Å². The second kappa shape index (κ2) is 6.50. The van der Waals surface area contributed by atoms with Crippen LogP contribution >= 0.6 is 0 Å². The van der Waals surface area contributed by atoms with Crippen molar-refractivity contribution in [1.82, 2.24) is 0 Å². The van der Waals surface area contributed by atoms with Gasteiger partial charge in [-0.05, 0) is 25.2 Å². The molecule has 2 aliphatic rings. The SMILES string of the molecule is C[C@@H]1CO[C@@H](OCC[C@@H]2CC[C@@](O)(CO)O2)[C@H](C)C1. The van der Waals surface area contributed by atoms with Crippen LogP contribution in [0.1, 0.15) is 39.5 Å². The predicted octanol–water partition coefficient (Wildman–Crippen LogP) is 1.27. The third kappa shape index (κ3) is 4.13. The van der Waals surface area contributed by atoms with Crippen LogP contribution < -0.4 is 0 Å². The summed E-state index contributed by atoms with van der Waals surface area (Å²) in [5, 5.41) is 18.8. The third-order valence-corrected chi connectivity index (χ3v) is 4.00. The molecule has 0 amide bonds. The van der Waals surface area contributed by atoms with E-state index in [0.717, 1.165) is 25.9 Å². The van der Waals surface area contributed by atoms with Crippen LogP contribution in [0.2, 0.25) is 0 Å². The highest BCUT2D eigenvalue weighted by atomic mass is 16.7. The van der Waals surface area contributed by atoms with Crippen molar-refractivity contribution in [3.63, 3.8) is 0 Å². The lowest BCUT2D eigenvalue weighted by Gasteiger charge is -2.32. The van der Waals surface area contributed by atoms with Crippen LogP contribution in [0.3, 0.4) is 0 Å². The maximum Gasteiger partial charge on any atom is 0.189 e. The van der Waals surface area contributed by atoms with Crippen molar-refractivity contribution in [1.29, 1.82) is 0 Å². The molecule has 19 heavy (non-hydrogen) atoms. The quantitative estimate of drug-likeness (QED) is 0.790. The summed E-state index contributed by atoms with van der Waals surface area (Å²) < 4.78 is 16.9. The Hall–Kier alpha value is -0.200. The summed E-state index contributed by atoms with van der Waals surface area (Å²) in [7, 11) is 0. The van der Waals surface area contributed by atoms with E-state index >= 15 is 0 Å².